The van der Waals surface area contributed by atoms with Crippen molar-refractivity contribution in [1.82, 2.24) is 20.2 Å². The van der Waals surface area contributed by atoms with E-state index in [0.29, 0.717) is 24.7 Å². The lowest BCUT2D eigenvalue weighted by atomic mass is 10.0. The number of hydrogen-bond donors (Lipinski definition) is 2. The van der Waals surface area contributed by atoms with Crippen LogP contribution in [0.15, 0.2) is 36.7 Å². The molecular weight excluding hydrogens is 370 g/mol. The third kappa shape index (κ3) is 4.82. The highest BCUT2D eigenvalue weighted by molar-refractivity contribution is 6.21. The summed E-state index contributed by atoms with van der Waals surface area (Å²) < 4.78 is 1.95. The zero-order chi connectivity index (χ0) is 21.0. The highest BCUT2D eigenvalue weighted by Crippen LogP contribution is 2.24. The van der Waals surface area contributed by atoms with Crippen molar-refractivity contribution in [2.75, 3.05) is 11.4 Å². The Labute approximate surface area is 170 Å². The Morgan fingerprint density at radius 3 is 2.59 bits per heavy atom. The van der Waals surface area contributed by atoms with Gasteiger partial charge in [-0.2, -0.15) is 0 Å². The molecule has 8 nitrogen and oxygen atoms in total. The summed E-state index contributed by atoms with van der Waals surface area (Å²) in [4.78, 5) is 42.3. The van der Waals surface area contributed by atoms with Crippen LogP contribution in [0.2, 0.25) is 0 Å². The van der Waals surface area contributed by atoms with E-state index in [1.54, 1.807) is 18.3 Å². The molecule has 0 unspecified atom stereocenters. The molecular formula is C21H27N5O3. The topological polar surface area (TPSA) is 96.3 Å². The van der Waals surface area contributed by atoms with Crippen molar-refractivity contribution < 1.29 is 14.4 Å². The van der Waals surface area contributed by atoms with Crippen LogP contribution in [-0.4, -0.2) is 40.0 Å². The second kappa shape index (κ2) is 8.89. The molecule has 1 aliphatic rings. The Morgan fingerprint density at radius 1 is 1.24 bits per heavy atom. The molecule has 2 heterocycles. The first kappa shape index (κ1) is 20.6. The third-order valence-corrected chi connectivity index (χ3v) is 5.10. The zero-order valence-corrected chi connectivity index (χ0v) is 17.0. The number of carbonyl (C=O) groups is 3. The molecule has 0 radical (unpaired) electrons. The predicted octanol–water partition coefficient (Wildman–Crippen LogP) is 2.34. The van der Waals surface area contributed by atoms with E-state index in [1.165, 1.54) is 0 Å². The van der Waals surface area contributed by atoms with Gasteiger partial charge < -0.3 is 15.2 Å². The number of imidazole rings is 1. The van der Waals surface area contributed by atoms with Crippen LogP contribution < -0.4 is 15.5 Å². The van der Waals surface area contributed by atoms with Gasteiger partial charge in [0, 0.05) is 31.9 Å². The van der Waals surface area contributed by atoms with Crippen molar-refractivity contribution in [3.8, 4) is 0 Å². The molecule has 0 saturated carbocycles. The van der Waals surface area contributed by atoms with Crippen LogP contribution in [0.1, 0.15) is 44.0 Å². The monoisotopic (exact) mass is 397 g/mol. The van der Waals surface area contributed by atoms with Gasteiger partial charge in [0.1, 0.15) is 11.9 Å². The maximum absolute atomic E-state index is 12.7. The predicted molar refractivity (Wildman–Crippen MR) is 110 cm³/mol. The van der Waals surface area contributed by atoms with Crippen molar-refractivity contribution in [2.45, 2.75) is 52.1 Å². The van der Waals surface area contributed by atoms with Gasteiger partial charge in [-0.3, -0.25) is 9.59 Å². The number of anilines is 1. The number of aryl methyl sites for hydroxylation is 1. The summed E-state index contributed by atoms with van der Waals surface area (Å²) in [5.74, 6) is 0.787. The van der Waals surface area contributed by atoms with Gasteiger partial charge in [-0.05, 0) is 37.0 Å². The summed E-state index contributed by atoms with van der Waals surface area (Å²) in [7, 11) is 0. The van der Waals surface area contributed by atoms with Crippen molar-refractivity contribution in [3.63, 3.8) is 0 Å². The van der Waals surface area contributed by atoms with E-state index in [4.69, 9.17) is 0 Å². The van der Waals surface area contributed by atoms with Crippen molar-refractivity contribution in [1.29, 1.82) is 0 Å². The van der Waals surface area contributed by atoms with Gasteiger partial charge in [-0.15, -0.1) is 0 Å². The molecule has 29 heavy (non-hydrogen) atoms. The van der Waals surface area contributed by atoms with Crippen LogP contribution in [0.3, 0.4) is 0 Å². The van der Waals surface area contributed by atoms with E-state index in [0.717, 1.165) is 16.3 Å². The molecule has 1 fully saturated rings. The first-order chi connectivity index (χ1) is 13.9. The summed E-state index contributed by atoms with van der Waals surface area (Å²) in [6.07, 6.45) is 4.00. The summed E-state index contributed by atoms with van der Waals surface area (Å²) in [6.45, 7) is 7.19. The highest BCUT2D eigenvalue weighted by Gasteiger charge is 2.38. The van der Waals surface area contributed by atoms with Gasteiger partial charge in [0.2, 0.25) is 5.91 Å². The molecule has 2 N–H and O–H groups in total. The number of imide groups is 1. The van der Waals surface area contributed by atoms with E-state index in [1.807, 2.05) is 29.8 Å². The van der Waals surface area contributed by atoms with Crippen molar-refractivity contribution in [3.05, 3.63) is 48.0 Å². The van der Waals surface area contributed by atoms with Crippen LogP contribution >= 0.6 is 0 Å². The fraction of sp³-hybridized carbons (Fsp3) is 0.429. The van der Waals surface area contributed by atoms with E-state index >= 15 is 0 Å². The first-order valence-electron chi connectivity index (χ1n) is 9.85. The number of carbonyl (C=O) groups excluding carboxylic acids is 3. The minimum absolute atomic E-state index is 0.149. The number of nitrogens with one attached hydrogen (secondary N) is 2. The Kier molecular flexibility index (Phi) is 6.31. The number of nitrogens with zero attached hydrogens (tertiary/aromatic N) is 3. The number of amides is 4. The molecule has 0 aliphatic carbocycles. The molecule has 0 spiro atoms. The molecule has 8 heteroatoms. The average Bonchev–Trinajstić information content (AvgIpc) is 3.22. The van der Waals surface area contributed by atoms with Crippen molar-refractivity contribution in [2.24, 2.45) is 0 Å². The van der Waals surface area contributed by atoms with Crippen LogP contribution in [0.25, 0.3) is 0 Å². The molecule has 2 aromatic rings. The van der Waals surface area contributed by atoms with Gasteiger partial charge in [-0.25, -0.2) is 14.7 Å². The van der Waals surface area contributed by atoms with Crippen LogP contribution in [0, 0.1) is 6.92 Å². The second-order valence-electron chi connectivity index (χ2n) is 7.48. The number of rotatable bonds is 8. The fourth-order valence-corrected chi connectivity index (χ4v) is 3.30. The molecule has 3 rings (SSSR count). The molecule has 1 aromatic heterocycles. The van der Waals surface area contributed by atoms with E-state index < -0.39 is 12.1 Å². The SMILES string of the molecule is Cc1nccn1CCNC(=O)CC[C@@H]1NC(=O)N(c2ccc(C(C)C)cc2)C1=O. The van der Waals surface area contributed by atoms with Gasteiger partial charge in [-0.1, -0.05) is 26.0 Å². The lowest BCUT2D eigenvalue weighted by molar-refractivity contribution is -0.121. The van der Waals surface area contributed by atoms with Gasteiger partial charge in [0.25, 0.3) is 5.91 Å². The molecule has 1 saturated heterocycles. The largest absolute Gasteiger partial charge is 0.354 e. The normalized spacial score (nSPS) is 16.4. The Hall–Kier alpha value is -3.16. The maximum Gasteiger partial charge on any atom is 0.329 e. The minimum atomic E-state index is -0.686. The Balaban J connectivity index is 1.49. The summed E-state index contributed by atoms with van der Waals surface area (Å²) in [5, 5.41) is 5.51. The lowest BCUT2D eigenvalue weighted by Gasteiger charge is -2.14. The average molecular weight is 397 g/mol. The number of aromatic nitrogens is 2. The molecule has 1 aliphatic heterocycles. The standard InChI is InChI=1S/C21H27N5O3/c1-14(2)16-4-6-17(7-5-16)26-20(28)18(24-21(26)29)8-9-19(27)23-11-13-25-12-10-22-15(25)3/h4-7,10,12,14,18H,8-9,11,13H2,1-3H3,(H,23,27)(H,24,29)/t18-/m0/s1. The first-order valence-corrected chi connectivity index (χ1v) is 9.85. The zero-order valence-electron chi connectivity index (χ0n) is 17.0. The van der Waals surface area contributed by atoms with Crippen LogP contribution in [0.5, 0.6) is 0 Å². The van der Waals surface area contributed by atoms with Crippen molar-refractivity contribution >= 4 is 23.5 Å². The summed E-state index contributed by atoms with van der Waals surface area (Å²) >= 11 is 0. The fourth-order valence-electron chi connectivity index (χ4n) is 3.30. The molecule has 154 valence electrons. The van der Waals surface area contributed by atoms with E-state index in [9.17, 15) is 14.4 Å². The molecule has 1 aromatic carbocycles. The number of urea groups is 1. The number of benzene rings is 1. The third-order valence-electron chi connectivity index (χ3n) is 5.10. The molecule has 4 amide bonds. The van der Waals surface area contributed by atoms with E-state index in [-0.39, 0.29) is 24.7 Å². The van der Waals surface area contributed by atoms with Gasteiger partial charge in [0.05, 0.1) is 5.69 Å². The maximum atomic E-state index is 12.7. The van der Waals surface area contributed by atoms with Crippen LogP contribution in [-0.2, 0) is 16.1 Å². The second-order valence-corrected chi connectivity index (χ2v) is 7.48. The minimum Gasteiger partial charge on any atom is -0.354 e. The summed E-state index contributed by atoms with van der Waals surface area (Å²) in [5.41, 5.74) is 1.68. The van der Waals surface area contributed by atoms with Gasteiger partial charge in [0.15, 0.2) is 0 Å². The molecule has 0 bridgehead atoms. The lowest BCUT2D eigenvalue weighted by Crippen LogP contribution is -2.33. The smallest absolute Gasteiger partial charge is 0.329 e. The highest BCUT2D eigenvalue weighted by atomic mass is 16.2. The Bertz CT molecular complexity index is 888. The Morgan fingerprint density at radius 2 is 1.97 bits per heavy atom. The van der Waals surface area contributed by atoms with Gasteiger partial charge >= 0.3 is 6.03 Å². The quantitative estimate of drug-likeness (QED) is 0.668. The number of hydrogen-bond acceptors (Lipinski definition) is 4. The van der Waals surface area contributed by atoms with E-state index in [2.05, 4.69) is 29.5 Å². The summed E-state index contributed by atoms with van der Waals surface area (Å²) in [6, 6.07) is 6.26. The molecule has 1 atom stereocenters. The van der Waals surface area contributed by atoms with Crippen LogP contribution in [0.4, 0.5) is 10.5 Å².